The largest absolute Gasteiger partial charge is 0.478 e. The highest BCUT2D eigenvalue weighted by atomic mass is 16.5. The van der Waals surface area contributed by atoms with Gasteiger partial charge in [-0.2, -0.15) is 0 Å². The summed E-state index contributed by atoms with van der Waals surface area (Å²) in [6.07, 6.45) is 1.63. The van der Waals surface area contributed by atoms with Crippen molar-refractivity contribution in [2.75, 3.05) is 19.0 Å². The van der Waals surface area contributed by atoms with E-state index in [1.807, 2.05) is 0 Å². The molecule has 1 aromatic heterocycles. The van der Waals surface area contributed by atoms with E-state index in [9.17, 15) is 9.59 Å². The number of aromatic nitrogens is 1. The molecule has 6 heteroatoms. The Morgan fingerprint density at radius 3 is 3.00 bits per heavy atom. The van der Waals surface area contributed by atoms with E-state index in [1.165, 1.54) is 17.7 Å². The number of anilines is 1. The Labute approximate surface area is 121 Å². The van der Waals surface area contributed by atoms with Gasteiger partial charge in [-0.1, -0.05) is 0 Å². The molecular formula is C15H16N2O4. The summed E-state index contributed by atoms with van der Waals surface area (Å²) in [6, 6.07) is 4.83. The van der Waals surface area contributed by atoms with E-state index in [2.05, 4.69) is 5.32 Å². The number of benzene rings is 1. The van der Waals surface area contributed by atoms with E-state index in [-0.39, 0.29) is 17.9 Å². The summed E-state index contributed by atoms with van der Waals surface area (Å²) in [6.45, 7) is 0.919. The van der Waals surface area contributed by atoms with E-state index in [0.29, 0.717) is 5.52 Å². The van der Waals surface area contributed by atoms with E-state index >= 15 is 0 Å². The van der Waals surface area contributed by atoms with Crippen LogP contribution in [0.25, 0.3) is 10.9 Å². The first-order chi connectivity index (χ1) is 10.1. The number of pyridine rings is 1. The fourth-order valence-electron chi connectivity index (χ4n) is 2.81. The number of methoxy groups -OCH3 is 1. The number of aromatic carboxylic acids is 1. The van der Waals surface area contributed by atoms with Crippen molar-refractivity contribution in [1.82, 2.24) is 4.57 Å². The van der Waals surface area contributed by atoms with Crippen LogP contribution in [0, 0.1) is 0 Å². The average molecular weight is 288 g/mol. The first-order valence-corrected chi connectivity index (χ1v) is 6.79. The van der Waals surface area contributed by atoms with Gasteiger partial charge in [-0.05, 0) is 31.0 Å². The number of carboxylic acid groups (broad SMARTS) is 1. The summed E-state index contributed by atoms with van der Waals surface area (Å²) < 4.78 is 6.60. The van der Waals surface area contributed by atoms with Crippen molar-refractivity contribution in [3.8, 4) is 0 Å². The third-order valence-electron chi connectivity index (χ3n) is 3.77. The number of carboxylic acids is 1. The molecule has 0 radical (unpaired) electrons. The summed E-state index contributed by atoms with van der Waals surface area (Å²) in [5, 5.41) is 13.3. The Kier molecular flexibility index (Phi) is 3.39. The highest BCUT2D eigenvalue weighted by Crippen LogP contribution is 2.29. The lowest BCUT2D eigenvalue weighted by atomic mass is 10.00. The molecule has 2 N–H and O–H groups in total. The molecule has 0 spiro atoms. The second-order valence-corrected chi connectivity index (χ2v) is 5.07. The molecular weight excluding hydrogens is 272 g/mol. The fourth-order valence-corrected chi connectivity index (χ4v) is 2.81. The van der Waals surface area contributed by atoms with Crippen LogP contribution in [0.1, 0.15) is 22.3 Å². The minimum Gasteiger partial charge on any atom is -0.478 e. The standard InChI is InChI=1S/C15H16N2O4/c1-21-8-17-12-7-9(15(19)20)4-5-10(12)13-11(14(17)18)3-2-6-16-13/h4-5,7,16H,2-3,6,8H2,1H3,(H,19,20). The zero-order valence-corrected chi connectivity index (χ0v) is 11.7. The highest BCUT2D eigenvalue weighted by Gasteiger charge is 2.20. The maximum atomic E-state index is 12.6. The van der Waals surface area contributed by atoms with Crippen molar-refractivity contribution in [2.24, 2.45) is 0 Å². The lowest BCUT2D eigenvalue weighted by Crippen LogP contribution is -2.29. The van der Waals surface area contributed by atoms with Crippen LogP contribution in [-0.4, -0.2) is 29.3 Å². The monoisotopic (exact) mass is 288 g/mol. The summed E-state index contributed by atoms with van der Waals surface area (Å²) >= 11 is 0. The summed E-state index contributed by atoms with van der Waals surface area (Å²) in [5.41, 5.74) is 2.19. The lowest BCUT2D eigenvalue weighted by molar-refractivity contribution is 0.0697. The van der Waals surface area contributed by atoms with Crippen LogP contribution in [0.2, 0.25) is 0 Å². The van der Waals surface area contributed by atoms with Crippen molar-refractivity contribution in [2.45, 2.75) is 19.6 Å². The van der Waals surface area contributed by atoms with E-state index in [1.54, 1.807) is 12.1 Å². The summed E-state index contributed by atoms with van der Waals surface area (Å²) in [5.74, 6) is -1.01. The van der Waals surface area contributed by atoms with Gasteiger partial charge in [0.05, 0.1) is 16.8 Å². The van der Waals surface area contributed by atoms with Crippen LogP contribution in [0.4, 0.5) is 5.69 Å². The number of fused-ring (bicyclic) bond motifs is 3. The summed E-state index contributed by atoms with van der Waals surface area (Å²) in [7, 11) is 1.51. The number of hydrogen-bond donors (Lipinski definition) is 2. The molecule has 21 heavy (non-hydrogen) atoms. The molecule has 0 amide bonds. The molecule has 3 rings (SSSR count). The molecule has 1 aliphatic heterocycles. The molecule has 6 nitrogen and oxygen atoms in total. The maximum Gasteiger partial charge on any atom is 0.335 e. The third-order valence-corrected chi connectivity index (χ3v) is 3.77. The zero-order chi connectivity index (χ0) is 15.0. The Morgan fingerprint density at radius 2 is 2.29 bits per heavy atom. The molecule has 2 heterocycles. The molecule has 0 atom stereocenters. The van der Waals surface area contributed by atoms with Crippen LogP contribution in [0.5, 0.6) is 0 Å². The van der Waals surface area contributed by atoms with Crippen LogP contribution in [0.15, 0.2) is 23.0 Å². The van der Waals surface area contributed by atoms with Crippen molar-refractivity contribution in [3.63, 3.8) is 0 Å². The molecule has 1 aliphatic rings. The predicted octanol–water partition coefficient (Wildman–Crippen LogP) is 1.66. The number of ether oxygens (including phenoxy) is 1. The predicted molar refractivity (Wildman–Crippen MR) is 79.0 cm³/mol. The third kappa shape index (κ3) is 2.17. The smallest absolute Gasteiger partial charge is 0.335 e. The van der Waals surface area contributed by atoms with Crippen molar-refractivity contribution in [1.29, 1.82) is 0 Å². The number of carbonyl (C=O) groups is 1. The average Bonchev–Trinajstić information content (AvgIpc) is 2.51. The molecule has 0 aliphatic carbocycles. The van der Waals surface area contributed by atoms with E-state index < -0.39 is 5.97 Å². The number of rotatable bonds is 3. The highest BCUT2D eigenvalue weighted by molar-refractivity contribution is 5.98. The number of hydrogen-bond acceptors (Lipinski definition) is 4. The quantitative estimate of drug-likeness (QED) is 0.898. The minimum atomic E-state index is -1.01. The Morgan fingerprint density at radius 1 is 1.48 bits per heavy atom. The van der Waals surface area contributed by atoms with Gasteiger partial charge in [-0.25, -0.2) is 4.79 Å². The van der Waals surface area contributed by atoms with Gasteiger partial charge in [0, 0.05) is 24.6 Å². The second-order valence-electron chi connectivity index (χ2n) is 5.07. The zero-order valence-electron chi connectivity index (χ0n) is 11.7. The van der Waals surface area contributed by atoms with Crippen LogP contribution >= 0.6 is 0 Å². The molecule has 0 saturated carbocycles. The van der Waals surface area contributed by atoms with Gasteiger partial charge in [0.1, 0.15) is 6.73 Å². The molecule has 0 saturated heterocycles. The maximum absolute atomic E-state index is 12.6. The van der Waals surface area contributed by atoms with Gasteiger partial charge in [0.25, 0.3) is 5.56 Å². The normalized spacial score (nSPS) is 13.8. The van der Waals surface area contributed by atoms with Gasteiger partial charge in [0.15, 0.2) is 0 Å². The number of nitrogens with zero attached hydrogens (tertiary/aromatic N) is 1. The molecule has 110 valence electrons. The SMILES string of the molecule is COCn1c(=O)c2c(c3ccc(C(=O)O)cc31)NCCC2. The minimum absolute atomic E-state index is 0.103. The molecule has 0 bridgehead atoms. The first kappa shape index (κ1) is 13.6. The topological polar surface area (TPSA) is 80.6 Å². The van der Waals surface area contributed by atoms with Crippen molar-refractivity contribution < 1.29 is 14.6 Å². The Bertz CT molecular complexity index is 779. The van der Waals surface area contributed by atoms with Gasteiger partial charge in [-0.15, -0.1) is 0 Å². The fraction of sp³-hybridized carbons (Fsp3) is 0.333. The van der Waals surface area contributed by atoms with Crippen molar-refractivity contribution in [3.05, 3.63) is 39.7 Å². The lowest BCUT2D eigenvalue weighted by Gasteiger charge is -2.22. The second kappa shape index (κ2) is 5.21. The first-order valence-electron chi connectivity index (χ1n) is 6.79. The van der Waals surface area contributed by atoms with Crippen molar-refractivity contribution >= 4 is 22.6 Å². The molecule has 0 fully saturated rings. The Balaban J connectivity index is 2.39. The number of nitrogens with one attached hydrogen (secondary N) is 1. The molecule has 2 aromatic rings. The molecule has 1 aromatic carbocycles. The van der Waals surface area contributed by atoms with Gasteiger partial charge in [0.2, 0.25) is 0 Å². The van der Waals surface area contributed by atoms with Gasteiger partial charge >= 0.3 is 5.97 Å². The van der Waals surface area contributed by atoms with Gasteiger partial charge < -0.3 is 15.2 Å². The van der Waals surface area contributed by atoms with Crippen LogP contribution in [0.3, 0.4) is 0 Å². The van der Waals surface area contributed by atoms with E-state index in [0.717, 1.165) is 36.0 Å². The summed E-state index contributed by atoms with van der Waals surface area (Å²) in [4.78, 5) is 23.7. The van der Waals surface area contributed by atoms with Crippen LogP contribution < -0.4 is 10.9 Å². The van der Waals surface area contributed by atoms with Crippen LogP contribution in [-0.2, 0) is 17.9 Å². The Hall–Kier alpha value is -2.34. The molecule has 0 unspecified atom stereocenters. The van der Waals surface area contributed by atoms with Gasteiger partial charge in [-0.3, -0.25) is 9.36 Å². The van der Waals surface area contributed by atoms with E-state index in [4.69, 9.17) is 9.84 Å².